The van der Waals surface area contributed by atoms with Crippen molar-refractivity contribution in [3.8, 4) is 0 Å². The summed E-state index contributed by atoms with van der Waals surface area (Å²) in [6.45, 7) is 7.03. The topological polar surface area (TPSA) is 34.1 Å². The van der Waals surface area contributed by atoms with E-state index in [0.717, 1.165) is 31.8 Å². The first kappa shape index (κ1) is 15.8. The van der Waals surface area contributed by atoms with Gasteiger partial charge in [0.2, 0.25) is 0 Å². The highest BCUT2D eigenvalue weighted by Gasteiger charge is 2.04. The molecule has 0 amide bonds. The molecule has 1 N–H and O–H groups in total. The average Bonchev–Trinajstić information content (AvgIpc) is 2.66. The normalized spacial score (nSPS) is 10.5. The SMILES string of the molecule is COCCCNCc1csc(C(C)C)n1.Cl. The number of hydrogen-bond acceptors (Lipinski definition) is 4. The first-order valence-electron chi connectivity index (χ1n) is 5.38. The van der Waals surface area contributed by atoms with Gasteiger partial charge in [0.1, 0.15) is 0 Å². The predicted molar refractivity (Wildman–Crippen MR) is 71.7 cm³/mol. The Morgan fingerprint density at radius 3 is 2.81 bits per heavy atom. The fourth-order valence-corrected chi connectivity index (χ4v) is 2.06. The number of rotatable bonds is 7. The van der Waals surface area contributed by atoms with Crippen molar-refractivity contribution in [3.05, 3.63) is 16.1 Å². The third-order valence-corrected chi connectivity index (χ3v) is 3.27. The lowest BCUT2D eigenvalue weighted by molar-refractivity contribution is 0.194. The van der Waals surface area contributed by atoms with E-state index in [-0.39, 0.29) is 12.4 Å². The number of halogens is 1. The highest BCUT2D eigenvalue weighted by molar-refractivity contribution is 7.09. The molecule has 0 bridgehead atoms. The summed E-state index contributed by atoms with van der Waals surface area (Å²) in [7, 11) is 1.73. The zero-order chi connectivity index (χ0) is 11.1. The third kappa shape index (κ3) is 5.80. The van der Waals surface area contributed by atoms with Crippen molar-refractivity contribution in [2.24, 2.45) is 0 Å². The van der Waals surface area contributed by atoms with E-state index in [1.54, 1.807) is 18.4 Å². The van der Waals surface area contributed by atoms with Gasteiger partial charge in [-0.25, -0.2) is 4.98 Å². The number of hydrogen-bond donors (Lipinski definition) is 1. The molecule has 0 aliphatic heterocycles. The number of aromatic nitrogens is 1. The maximum Gasteiger partial charge on any atom is 0.0954 e. The number of nitrogens with zero attached hydrogens (tertiary/aromatic N) is 1. The molecule has 1 aromatic rings. The quantitative estimate of drug-likeness (QED) is 0.769. The highest BCUT2D eigenvalue weighted by Crippen LogP contribution is 2.18. The van der Waals surface area contributed by atoms with Gasteiger partial charge in [0.25, 0.3) is 0 Å². The summed E-state index contributed by atoms with van der Waals surface area (Å²) in [6.07, 6.45) is 1.05. The smallest absolute Gasteiger partial charge is 0.0954 e. The van der Waals surface area contributed by atoms with Crippen LogP contribution in [-0.2, 0) is 11.3 Å². The van der Waals surface area contributed by atoms with Crippen molar-refractivity contribution in [1.29, 1.82) is 0 Å². The summed E-state index contributed by atoms with van der Waals surface area (Å²) in [6, 6.07) is 0. The van der Waals surface area contributed by atoms with Crippen molar-refractivity contribution in [1.82, 2.24) is 10.3 Å². The van der Waals surface area contributed by atoms with E-state index in [9.17, 15) is 0 Å². The van der Waals surface area contributed by atoms with Gasteiger partial charge in [0.05, 0.1) is 10.7 Å². The fourth-order valence-electron chi connectivity index (χ4n) is 1.23. The predicted octanol–water partition coefficient (Wildman–Crippen LogP) is 2.81. The van der Waals surface area contributed by atoms with Gasteiger partial charge in [-0.05, 0) is 13.0 Å². The molecule has 0 aliphatic carbocycles. The standard InChI is InChI=1S/C11H20N2OS.ClH/c1-9(2)11-13-10(8-15-11)7-12-5-4-6-14-3;/h8-9,12H,4-7H2,1-3H3;1H. The summed E-state index contributed by atoms with van der Waals surface area (Å²) in [5.74, 6) is 0.539. The Kier molecular flexibility index (Phi) is 8.84. The van der Waals surface area contributed by atoms with Crippen LogP contribution in [0.2, 0.25) is 0 Å². The first-order chi connectivity index (χ1) is 7.24. The van der Waals surface area contributed by atoms with Crippen LogP contribution in [0, 0.1) is 0 Å². The maximum atomic E-state index is 4.98. The van der Waals surface area contributed by atoms with Crippen molar-refractivity contribution >= 4 is 23.7 Å². The Bertz CT molecular complexity index is 279. The van der Waals surface area contributed by atoms with Crippen molar-refractivity contribution in [3.63, 3.8) is 0 Å². The van der Waals surface area contributed by atoms with Crippen LogP contribution in [0.4, 0.5) is 0 Å². The molecule has 0 radical (unpaired) electrons. The van der Waals surface area contributed by atoms with E-state index in [0.29, 0.717) is 5.92 Å². The largest absolute Gasteiger partial charge is 0.385 e. The lowest BCUT2D eigenvalue weighted by atomic mass is 10.2. The molecule has 0 fully saturated rings. The molecule has 1 rings (SSSR count). The van der Waals surface area contributed by atoms with Crippen molar-refractivity contribution < 1.29 is 4.74 Å². The minimum absolute atomic E-state index is 0. The molecule has 0 atom stereocenters. The molecule has 94 valence electrons. The molecular formula is C11H21ClN2OS. The van der Waals surface area contributed by atoms with Gasteiger partial charge in [-0.1, -0.05) is 13.8 Å². The zero-order valence-electron chi connectivity index (χ0n) is 10.2. The second-order valence-electron chi connectivity index (χ2n) is 3.85. The van der Waals surface area contributed by atoms with Crippen LogP contribution in [0.5, 0.6) is 0 Å². The van der Waals surface area contributed by atoms with E-state index in [4.69, 9.17) is 4.74 Å². The molecular weight excluding hydrogens is 244 g/mol. The Morgan fingerprint density at radius 2 is 2.25 bits per heavy atom. The monoisotopic (exact) mass is 264 g/mol. The molecule has 0 aliphatic rings. The van der Waals surface area contributed by atoms with E-state index >= 15 is 0 Å². The van der Waals surface area contributed by atoms with E-state index in [2.05, 4.69) is 29.5 Å². The maximum absolute atomic E-state index is 4.98. The molecule has 1 aromatic heterocycles. The zero-order valence-corrected chi connectivity index (χ0v) is 11.8. The summed E-state index contributed by atoms with van der Waals surface area (Å²) in [5, 5.41) is 6.72. The summed E-state index contributed by atoms with van der Waals surface area (Å²) >= 11 is 1.75. The molecule has 0 unspecified atom stereocenters. The second-order valence-corrected chi connectivity index (χ2v) is 4.74. The minimum atomic E-state index is 0. The van der Waals surface area contributed by atoms with Crippen molar-refractivity contribution in [2.75, 3.05) is 20.3 Å². The van der Waals surface area contributed by atoms with Gasteiger partial charge in [0.15, 0.2) is 0 Å². The number of nitrogens with one attached hydrogen (secondary N) is 1. The lowest BCUT2D eigenvalue weighted by Crippen LogP contribution is -2.16. The Hall–Kier alpha value is -0.160. The van der Waals surface area contributed by atoms with Crippen LogP contribution in [0.25, 0.3) is 0 Å². The third-order valence-electron chi connectivity index (χ3n) is 2.07. The van der Waals surface area contributed by atoms with E-state index in [1.807, 2.05) is 0 Å². The molecule has 0 saturated carbocycles. The van der Waals surface area contributed by atoms with Crippen molar-refractivity contribution in [2.45, 2.75) is 32.7 Å². The van der Waals surface area contributed by atoms with Gasteiger partial charge in [-0.2, -0.15) is 0 Å². The second kappa shape index (κ2) is 8.93. The molecule has 1 heterocycles. The molecule has 16 heavy (non-hydrogen) atoms. The lowest BCUT2D eigenvalue weighted by Gasteiger charge is -2.01. The van der Waals surface area contributed by atoms with Crippen LogP contribution >= 0.6 is 23.7 Å². The van der Waals surface area contributed by atoms with Crippen LogP contribution in [-0.4, -0.2) is 25.2 Å². The van der Waals surface area contributed by atoms with Gasteiger partial charge >= 0.3 is 0 Å². The average molecular weight is 265 g/mol. The van der Waals surface area contributed by atoms with Crippen LogP contribution in [0.3, 0.4) is 0 Å². The summed E-state index contributed by atoms with van der Waals surface area (Å²) in [4.78, 5) is 4.55. The first-order valence-corrected chi connectivity index (χ1v) is 6.26. The number of ether oxygens (including phenoxy) is 1. The van der Waals surface area contributed by atoms with Gasteiger partial charge in [0, 0.05) is 31.6 Å². The van der Waals surface area contributed by atoms with Gasteiger partial charge < -0.3 is 10.1 Å². The van der Waals surface area contributed by atoms with Crippen LogP contribution in [0.1, 0.15) is 36.9 Å². The molecule has 0 aromatic carbocycles. The highest BCUT2D eigenvalue weighted by atomic mass is 35.5. The van der Waals surface area contributed by atoms with Gasteiger partial charge in [-0.3, -0.25) is 0 Å². The molecule has 3 nitrogen and oxygen atoms in total. The Labute approximate surface area is 108 Å². The van der Waals surface area contributed by atoms with E-state index in [1.165, 1.54) is 5.01 Å². The van der Waals surface area contributed by atoms with Crippen LogP contribution < -0.4 is 5.32 Å². The summed E-state index contributed by atoms with van der Waals surface area (Å²) in [5.41, 5.74) is 1.15. The Morgan fingerprint density at radius 1 is 1.50 bits per heavy atom. The fraction of sp³-hybridized carbons (Fsp3) is 0.727. The van der Waals surface area contributed by atoms with Gasteiger partial charge in [-0.15, -0.1) is 23.7 Å². The number of thiazole rings is 1. The molecule has 5 heteroatoms. The molecule has 0 saturated heterocycles. The minimum Gasteiger partial charge on any atom is -0.385 e. The molecule has 0 spiro atoms. The number of methoxy groups -OCH3 is 1. The summed E-state index contributed by atoms with van der Waals surface area (Å²) < 4.78 is 4.98. The van der Waals surface area contributed by atoms with Crippen LogP contribution in [0.15, 0.2) is 5.38 Å². The van der Waals surface area contributed by atoms with E-state index < -0.39 is 0 Å². The Balaban J connectivity index is 0.00000225.